The average molecular weight is 297 g/mol. The lowest BCUT2D eigenvalue weighted by Gasteiger charge is -2.20. The van der Waals surface area contributed by atoms with Crippen LogP contribution in [-0.4, -0.2) is 12.1 Å². The Morgan fingerprint density at radius 2 is 1.73 bits per heavy atom. The Bertz CT molecular complexity index is 609. The number of hydrogen-bond donors (Lipinski definition) is 3. The Hall–Kier alpha value is -2.04. The van der Waals surface area contributed by atoms with Gasteiger partial charge in [-0.2, -0.15) is 0 Å². The minimum Gasteiger partial charge on any atom is -0.489 e. The summed E-state index contributed by atoms with van der Waals surface area (Å²) in [5.41, 5.74) is 15.7. The van der Waals surface area contributed by atoms with Crippen molar-refractivity contribution in [3.63, 3.8) is 0 Å². The zero-order valence-corrected chi connectivity index (χ0v) is 13.0. The molecule has 0 saturated carbocycles. The summed E-state index contributed by atoms with van der Waals surface area (Å²) in [5.74, 6) is 0.913. The molecule has 1 saturated heterocycles. The standard InChI is InChI=1S/C18H23N3O/c1-12-3-9-16(10-4-12)22-13(2)17-11-18(21-20-17)14-5-7-15(19)8-6-14/h3-10,13,17-18,20-21H,11,19H2,1-2H3. The minimum atomic E-state index is 0.0917. The number of nitrogen functional groups attached to an aromatic ring is 1. The van der Waals surface area contributed by atoms with Crippen molar-refractivity contribution in [2.24, 2.45) is 0 Å². The summed E-state index contributed by atoms with van der Waals surface area (Å²) >= 11 is 0. The molecular formula is C18H23N3O. The number of aryl methyl sites for hydroxylation is 1. The van der Waals surface area contributed by atoms with Crippen LogP contribution in [-0.2, 0) is 0 Å². The fraction of sp³-hybridized carbons (Fsp3) is 0.333. The summed E-state index contributed by atoms with van der Waals surface area (Å²) in [6, 6.07) is 16.8. The molecule has 1 aliphatic rings. The third-order valence-corrected chi connectivity index (χ3v) is 4.18. The molecule has 3 unspecified atom stereocenters. The largest absolute Gasteiger partial charge is 0.489 e. The second-order valence-electron chi connectivity index (χ2n) is 5.99. The van der Waals surface area contributed by atoms with E-state index in [0.29, 0.717) is 0 Å². The number of benzene rings is 2. The summed E-state index contributed by atoms with van der Waals surface area (Å²) in [6.07, 6.45) is 1.07. The maximum atomic E-state index is 6.03. The molecule has 22 heavy (non-hydrogen) atoms. The van der Waals surface area contributed by atoms with Gasteiger partial charge in [-0.05, 0) is 50.1 Å². The van der Waals surface area contributed by atoms with Crippen LogP contribution >= 0.6 is 0 Å². The lowest BCUT2D eigenvalue weighted by Crippen LogP contribution is -2.40. The van der Waals surface area contributed by atoms with Crippen molar-refractivity contribution in [1.82, 2.24) is 10.9 Å². The van der Waals surface area contributed by atoms with Crippen molar-refractivity contribution >= 4 is 5.69 Å². The van der Waals surface area contributed by atoms with Crippen LogP contribution in [0.1, 0.15) is 30.5 Å². The molecule has 2 aromatic rings. The van der Waals surface area contributed by atoms with Crippen LogP contribution in [0, 0.1) is 6.92 Å². The molecule has 4 nitrogen and oxygen atoms in total. The first-order valence-electron chi connectivity index (χ1n) is 7.71. The summed E-state index contributed by atoms with van der Waals surface area (Å²) < 4.78 is 6.03. The van der Waals surface area contributed by atoms with E-state index in [1.807, 2.05) is 24.3 Å². The van der Waals surface area contributed by atoms with Gasteiger partial charge >= 0.3 is 0 Å². The third-order valence-electron chi connectivity index (χ3n) is 4.18. The molecule has 1 heterocycles. The predicted molar refractivity (Wildman–Crippen MR) is 89.5 cm³/mol. The van der Waals surface area contributed by atoms with Crippen LogP contribution < -0.4 is 21.3 Å². The molecule has 2 aromatic carbocycles. The Morgan fingerprint density at radius 1 is 1.05 bits per heavy atom. The summed E-state index contributed by atoms with van der Waals surface area (Å²) in [4.78, 5) is 0. The Labute approximate surface area is 131 Å². The van der Waals surface area contributed by atoms with Gasteiger partial charge in [-0.1, -0.05) is 29.8 Å². The number of ether oxygens (including phenoxy) is 1. The van der Waals surface area contributed by atoms with Gasteiger partial charge in [-0.25, -0.2) is 5.43 Å². The van der Waals surface area contributed by atoms with Gasteiger partial charge < -0.3 is 10.5 Å². The van der Waals surface area contributed by atoms with Crippen LogP contribution in [0.25, 0.3) is 0 Å². The molecule has 1 aliphatic heterocycles. The highest BCUT2D eigenvalue weighted by Crippen LogP contribution is 2.26. The topological polar surface area (TPSA) is 59.3 Å². The van der Waals surface area contributed by atoms with Gasteiger partial charge in [-0.15, -0.1) is 0 Å². The number of nitrogens with one attached hydrogen (secondary N) is 2. The summed E-state index contributed by atoms with van der Waals surface area (Å²) in [6.45, 7) is 4.18. The molecule has 3 rings (SSSR count). The number of hydrazine groups is 1. The van der Waals surface area contributed by atoms with Crippen molar-refractivity contribution in [2.75, 3.05) is 5.73 Å². The van der Waals surface area contributed by atoms with Crippen molar-refractivity contribution in [1.29, 1.82) is 0 Å². The van der Waals surface area contributed by atoms with Gasteiger partial charge in [0.05, 0.1) is 6.04 Å². The first-order chi connectivity index (χ1) is 10.6. The van der Waals surface area contributed by atoms with E-state index in [0.717, 1.165) is 17.9 Å². The third kappa shape index (κ3) is 3.40. The molecule has 0 bridgehead atoms. The Kier molecular flexibility index (Phi) is 4.32. The monoisotopic (exact) mass is 297 g/mol. The molecule has 116 valence electrons. The molecule has 0 spiro atoms. The number of anilines is 1. The maximum absolute atomic E-state index is 6.03. The molecule has 4 heteroatoms. The summed E-state index contributed by atoms with van der Waals surface area (Å²) in [5, 5.41) is 0. The number of nitrogens with two attached hydrogens (primary N) is 1. The lowest BCUT2D eigenvalue weighted by atomic mass is 9.99. The summed E-state index contributed by atoms with van der Waals surface area (Å²) in [7, 11) is 0. The maximum Gasteiger partial charge on any atom is 0.119 e. The van der Waals surface area contributed by atoms with E-state index in [9.17, 15) is 0 Å². The highest BCUT2D eigenvalue weighted by molar-refractivity contribution is 5.40. The molecule has 0 amide bonds. The molecular weight excluding hydrogens is 274 g/mol. The fourth-order valence-electron chi connectivity index (χ4n) is 2.75. The Balaban J connectivity index is 1.59. The van der Waals surface area contributed by atoms with E-state index >= 15 is 0 Å². The van der Waals surface area contributed by atoms with Gasteiger partial charge in [-0.3, -0.25) is 5.43 Å². The van der Waals surface area contributed by atoms with Crippen LogP contribution in [0.15, 0.2) is 48.5 Å². The van der Waals surface area contributed by atoms with E-state index in [-0.39, 0.29) is 18.2 Å². The first-order valence-corrected chi connectivity index (χ1v) is 7.71. The van der Waals surface area contributed by atoms with Crippen molar-refractivity contribution in [2.45, 2.75) is 38.5 Å². The zero-order valence-electron chi connectivity index (χ0n) is 13.0. The first kappa shape index (κ1) is 14.9. The van der Waals surface area contributed by atoms with E-state index < -0.39 is 0 Å². The van der Waals surface area contributed by atoms with Gasteiger partial charge in [0, 0.05) is 11.7 Å². The van der Waals surface area contributed by atoms with Crippen molar-refractivity contribution in [3.8, 4) is 5.75 Å². The molecule has 3 atom stereocenters. The average Bonchev–Trinajstić information content (AvgIpc) is 3.00. The fourth-order valence-corrected chi connectivity index (χ4v) is 2.75. The molecule has 4 N–H and O–H groups in total. The van der Waals surface area contributed by atoms with Gasteiger partial charge in [0.2, 0.25) is 0 Å². The highest BCUT2D eigenvalue weighted by Gasteiger charge is 2.29. The Morgan fingerprint density at radius 3 is 2.41 bits per heavy atom. The highest BCUT2D eigenvalue weighted by atomic mass is 16.5. The van der Waals surface area contributed by atoms with Crippen LogP contribution in [0.5, 0.6) is 5.75 Å². The quantitative estimate of drug-likeness (QED) is 0.759. The SMILES string of the molecule is Cc1ccc(OC(C)C2CC(c3ccc(N)cc3)NN2)cc1. The molecule has 0 radical (unpaired) electrons. The van der Waals surface area contributed by atoms with E-state index in [1.54, 1.807) is 0 Å². The van der Waals surface area contributed by atoms with E-state index in [2.05, 4.69) is 49.0 Å². The van der Waals surface area contributed by atoms with Gasteiger partial charge in [0.25, 0.3) is 0 Å². The smallest absolute Gasteiger partial charge is 0.119 e. The lowest BCUT2D eigenvalue weighted by molar-refractivity contribution is 0.176. The second-order valence-corrected chi connectivity index (χ2v) is 5.99. The zero-order chi connectivity index (χ0) is 15.5. The normalized spacial score (nSPS) is 22.5. The van der Waals surface area contributed by atoms with E-state index in [4.69, 9.17) is 10.5 Å². The van der Waals surface area contributed by atoms with Crippen LogP contribution in [0.3, 0.4) is 0 Å². The minimum absolute atomic E-state index is 0.0917. The second kappa shape index (κ2) is 6.38. The van der Waals surface area contributed by atoms with Gasteiger partial charge in [0.1, 0.15) is 11.9 Å². The molecule has 0 aromatic heterocycles. The van der Waals surface area contributed by atoms with Crippen molar-refractivity contribution < 1.29 is 4.74 Å². The predicted octanol–water partition coefficient (Wildman–Crippen LogP) is 2.95. The van der Waals surface area contributed by atoms with Crippen LogP contribution in [0.4, 0.5) is 5.69 Å². The van der Waals surface area contributed by atoms with Crippen molar-refractivity contribution in [3.05, 3.63) is 59.7 Å². The molecule has 0 aliphatic carbocycles. The van der Waals surface area contributed by atoms with Gasteiger partial charge in [0.15, 0.2) is 0 Å². The number of hydrogen-bond acceptors (Lipinski definition) is 4. The van der Waals surface area contributed by atoms with Crippen LogP contribution in [0.2, 0.25) is 0 Å². The number of rotatable bonds is 4. The molecule has 1 fully saturated rings. The van der Waals surface area contributed by atoms with E-state index in [1.165, 1.54) is 11.1 Å².